The normalized spacial score (nSPS) is 11.4. The number of hydrogen-bond donors (Lipinski definition) is 1. The Kier molecular flexibility index (Phi) is 2.35. The fraction of sp³-hybridized carbons (Fsp3) is 0.308. The van der Waals surface area contributed by atoms with E-state index in [4.69, 9.17) is 10.00 Å². The van der Waals surface area contributed by atoms with Crippen molar-refractivity contribution in [1.82, 2.24) is 4.98 Å². The molecule has 3 heteroatoms. The Morgan fingerprint density at radius 3 is 2.69 bits per heavy atom. The molecule has 0 spiro atoms. The van der Waals surface area contributed by atoms with E-state index in [1.165, 1.54) is 0 Å². The highest BCUT2D eigenvalue weighted by molar-refractivity contribution is 5.82. The summed E-state index contributed by atoms with van der Waals surface area (Å²) in [5.41, 5.74) is 1.43. The predicted octanol–water partition coefficient (Wildman–Crippen LogP) is 2.98. The van der Waals surface area contributed by atoms with Crippen molar-refractivity contribution in [2.45, 2.75) is 19.3 Å². The summed E-state index contributed by atoms with van der Waals surface area (Å²) in [6, 6.07) is 10.1. The summed E-state index contributed by atoms with van der Waals surface area (Å²) >= 11 is 0. The average Bonchev–Trinajstić information content (AvgIpc) is 2.72. The molecule has 0 aliphatic rings. The minimum absolute atomic E-state index is 0.494. The molecular weight excluding hydrogens is 200 g/mol. The largest absolute Gasteiger partial charge is 0.497 e. The molecule has 0 unspecified atom stereocenters. The van der Waals surface area contributed by atoms with E-state index in [-0.39, 0.29) is 0 Å². The Hall–Kier alpha value is -1.95. The van der Waals surface area contributed by atoms with Gasteiger partial charge in [0, 0.05) is 17.3 Å². The van der Waals surface area contributed by atoms with E-state index >= 15 is 0 Å². The Bertz CT molecular complexity index is 561. The second-order valence-corrected chi connectivity index (χ2v) is 4.37. The second kappa shape index (κ2) is 3.57. The summed E-state index contributed by atoms with van der Waals surface area (Å²) in [5, 5.41) is 10.2. The zero-order chi connectivity index (χ0) is 11.8. The molecule has 2 aromatic rings. The predicted molar refractivity (Wildman–Crippen MR) is 63.5 cm³/mol. The average molecular weight is 214 g/mol. The Balaban J connectivity index is 2.57. The van der Waals surface area contributed by atoms with Gasteiger partial charge in [0.1, 0.15) is 5.75 Å². The molecule has 3 nitrogen and oxygen atoms in total. The van der Waals surface area contributed by atoms with Crippen LogP contribution < -0.4 is 4.74 Å². The zero-order valence-corrected chi connectivity index (χ0v) is 9.66. The maximum absolute atomic E-state index is 9.08. The molecule has 0 bridgehead atoms. The van der Waals surface area contributed by atoms with Gasteiger partial charge in [-0.3, -0.25) is 0 Å². The second-order valence-electron chi connectivity index (χ2n) is 4.37. The number of fused-ring (bicyclic) bond motifs is 1. The molecule has 0 saturated carbocycles. The number of nitriles is 1. The first-order chi connectivity index (χ1) is 7.56. The molecular formula is C13H14N2O. The van der Waals surface area contributed by atoms with Crippen molar-refractivity contribution in [1.29, 1.82) is 5.26 Å². The van der Waals surface area contributed by atoms with Crippen LogP contribution in [-0.4, -0.2) is 12.1 Å². The van der Waals surface area contributed by atoms with Gasteiger partial charge in [-0.1, -0.05) is 0 Å². The number of hydrogen-bond acceptors (Lipinski definition) is 2. The number of aromatic amines is 1. The third-order valence-electron chi connectivity index (χ3n) is 2.78. The first-order valence-electron chi connectivity index (χ1n) is 5.15. The molecule has 0 amide bonds. The quantitative estimate of drug-likeness (QED) is 0.835. The number of H-pyrrole nitrogens is 1. The van der Waals surface area contributed by atoms with Crippen LogP contribution in [0.5, 0.6) is 5.75 Å². The van der Waals surface area contributed by atoms with E-state index in [1.807, 2.05) is 38.1 Å². The SMILES string of the molecule is COc1ccc2cc(C(C)(C)C#N)[nH]c2c1. The van der Waals surface area contributed by atoms with Crippen LogP contribution in [0, 0.1) is 11.3 Å². The van der Waals surface area contributed by atoms with Gasteiger partial charge in [-0.15, -0.1) is 0 Å². The summed E-state index contributed by atoms with van der Waals surface area (Å²) in [6.07, 6.45) is 0. The summed E-state index contributed by atoms with van der Waals surface area (Å²) in [6.45, 7) is 3.80. The van der Waals surface area contributed by atoms with E-state index in [0.29, 0.717) is 0 Å². The molecule has 1 N–H and O–H groups in total. The third kappa shape index (κ3) is 1.63. The lowest BCUT2D eigenvalue weighted by molar-refractivity contribution is 0.415. The summed E-state index contributed by atoms with van der Waals surface area (Å²) in [7, 11) is 1.64. The molecule has 16 heavy (non-hydrogen) atoms. The smallest absolute Gasteiger partial charge is 0.120 e. The van der Waals surface area contributed by atoms with Crippen LogP contribution in [0.25, 0.3) is 10.9 Å². The maximum atomic E-state index is 9.08. The molecule has 0 radical (unpaired) electrons. The minimum Gasteiger partial charge on any atom is -0.497 e. The molecule has 0 saturated heterocycles. The maximum Gasteiger partial charge on any atom is 0.120 e. The first kappa shape index (κ1) is 10.6. The third-order valence-corrected chi connectivity index (χ3v) is 2.78. The van der Waals surface area contributed by atoms with Crippen molar-refractivity contribution in [3.63, 3.8) is 0 Å². The van der Waals surface area contributed by atoms with Crippen LogP contribution in [0.1, 0.15) is 19.5 Å². The number of methoxy groups -OCH3 is 1. The van der Waals surface area contributed by atoms with Crippen LogP contribution >= 0.6 is 0 Å². The lowest BCUT2D eigenvalue weighted by Gasteiger charge is -2.11. The van der Waals surface area contributed by atoms with Gasteiger partial charge in [0.2, 0.25) is 0 Å². The number of nitrogens with one attached hydrogen (secondary N) is 1. The Morgan fingerprint density at radius 1 is 1.31 bits per heavy atom. The Morgan fingerprint density at radius 2 is 2.06 bits per heavy atom. The van der Waals surface area contributed by atoms with Crippen LogP contribution in [0.3, 0.4) is 0 Å². The minimum atomic E-state index is -0.494. The van der Waals surface area contributed by atoms with Gasteiger partial charge in [-0.25, -0.2) is 0 Å². The lowest BCUT2D eigenvalue weighted by atomic mass is 9.91. The molecule has 82 valence electrons. The first-order valence-corrected chi connectivity index (χ1v) is 5.15. The van der Waals surface area contributed by atoms with Gasteiger partial charge in [-0.05, 0) is 37.4 Å². The van der Waals surface area contributed by atoms with Crippen LogP contribution in [0.15, 0.2) is 24.3 Å². The highest BCUT2D eigenvalue weighted by Crippen LogP contribution is 2.27. The van der Waals surface area contributed by atoms with Crippen LogP contribution in [0.2, 0.25) is 0 Å². The molecule has 0 aliphatic heterocycles. The van der Waals surface area contributed by atoms with Gasteiger partial charge < -0.3 is 9.72 Å². The van der Waals surface area contributed by atoms with Crippen LogP contribution in [-0.2, 0) is 5.41 Å². The van der Waals surface area contributed by atoms with E-state index in [0.717, 1.165) is 22.3 Å². The fourth-order valence-electron chi connectivity index (χ4n) is 1.63. The van der Waals surface area contributed by atoms with Gasteiger partial charge in [0.25, 0.3) is 0 Å². The van der Waals surface area contributed by atoms with E-state index in [9.17, 15) is 0 Å². The van der Waals surface area contributed by atoms with Crippen LogP contribution in [0.4, 0.5) is 0 Å². The van der Waals surface area contributed by atoms with E-state index < -0.39 is 5.41 Å². The summed E-state index contributed by atoms with van der Waals surface area (Å²) in [5.74, 6) is 0.815. The number of ether oxygens (including phenoxy) is 1. The molecule has 0 atom stereocenters. The van der Waals surface area contributed by atoms with Crippen molar-refractivity contribution in [2.24, 2.45) is 0 Å². The van der Waals surface area contributed by atoms with Crippen molar-refractivity contribution < 1.29 is 4.74 Å². The molecule has 1 aromatic carbocycles. The number of aromatic nitrogens is 1. The molecule has 0 aliphatic carbocycles. The van der Waals surface area contributed by atoms with Crippen molar-refractivity contribution >= 4 is 10.9 Å². The molecule has 1 aromatic heterocycles. The van der Waals surface area contributed by atoms with Gasteiger partial charge in [0.05, 0.1) is 18.6 Å². The highest BCUT2D eigenvalue weighted by atomic mass is 16.5. The molecule has 1 heterocycles. The lowest BCUT2D eigenvalue weighted by Crippen LogP contribution is -2.13. The highest BCUT2D eigenvalue weighted by Gasteiger charge is 2.21. The standard InChI is InChI=1S/C13H14N2O/c1-13(2,8-14)12-6-9-4-5-10(16-3)7-11(9)15-12/h4-7,15H,1-3H3. The molecule has 2 rings (SSSR count). The fourth-order valence-corrected chi connectivity index (χ4v) is 1.63. The van der Waals surface area contributed by atoms with Gasteiger partial charge >= 0.3 is 0 Å². The molecule has 0 fully saturated rings. The summed E-state index contributed by atoms with van der Waals surface area (Å²) in [4.78, 5) is 3.26. The van der Waals surface area contributed by atoms with E-state index in [1.54, 1.807) is 7.11 Å². The van der Waals surface area contributed by atoms with E-state index in [2.05, 4.69) is 11.1 Å². The number of benzene rings is 1. The van der Waals surface area contributed by atoms with Gasteiger partial charge in [0.15, 0.2) is 0 Å². The van der Waals surface area contributed by atoms with Crippen molar-refractivity contribution in [2.75, 3.05) is 7.11 Å². The Labute approximate surface area is 94.7 Å². The topological polar surface area (TPSA) is 48.8 Å². The monoisotopic (exact) mass is 214 g/mol. The van der Waals surface area contributed by atoms with Crippen molar-refractivity contribution in [3.05, 3.63) is 30.0 Å². The number of rotatable bonds is 2. The summed E-state index contributed by atoms with van der Waals surface area (Å²) < 4.78 is 5.16. The van der Waals surface area contributed by atoms with Gasteiger partial charge in [-0.2, -0.15) is 5.26 Å². The number of nitrogens with zero attached hydrogens (tertiary/aromatic N) is 1. The van der Waals surface area contributed by atoms with Crippen molar-refractivity contribution in [3.8, 4) is 11.8 Å². The zero-order valence-electron chi connectivity index (χ0n) is 9.66.